The Kier molecular flexibility index (Phi) is 9.60. The minimum Gasteiger partial charge on any atom is -0.481 e. The van der Waals surface area contributed by atoms with Gasteiger partial charge in [-0.2, -0.15) is 0 Å². The molecule has 0 amide bonds. The summed E-state index contributed by atoms with van der Waals surface area (Å²) in [4.78, 5) is 32.9. The van der Waals surface area contributed by atoms with Crippen molar-refractivity contribution in [3.63, 3.8) is 0 Å². The van der Waals surface area contributed by atoms with E-state index in [1.807, 2.05) is 37.3 Å². The van der Waals surface area contributed by atoms with Gasteiger partial charge in [0.2, 0.25) is 7.37 Å². The predicted octanol–water partition coefficient (Wildman–Crippen LogP) is 4.01. The molecule has 0 aliphatic heterocycles. The third-order valence-electron chi connectivity index (χ3n) is 4.59. The first kappa shape index (κ1) is 22.4. The lowest BCUT2D eigenvalue weighted by Crippen LogP contribution is -2.30. The van der Waals surface area contributed by atoms with E-state index in [0.29, 0.717) is 19.3 Å². The summed E-state index contributed by atoms with van der Waals surface area (Å²) >= 11 is 0. The fraction of sp³-hybridized carbons (Fsp3) is 0.579. The van der Waals surface area contributed by atoms with Crippen molar-refractivity contribution < 1.29 is 29.3 Å². The zero-order valence-electron chi connectivity index (χ0n) is 15.2. The van der Waals surface area contributed by atoms with Gasteiger partial charge in [-0.15, -0.1) is 0 Å². The minimum atomic E-state index is -3.68. The highest BCUT2D eigenvalue weighted by atomic mass is 31.2. The largest absolute Gasteiger partial charge is 0.481 e. The summed E-state index contributed by atoms with van der Waals surface area (Å²) in [6.45, 7) is 1.83. The first-order valence-electron chi connectivity index (χ1n) is 9.08. The molecule has 0 heterocycles. The molecule has 3 atom stereocenters. The number of aryl methyl sites for hydroxylation is 1. The Balaban J connectivity index is 2.69. The van der Waals surface area contributed by atoms with Crippen molar-refractivity contribution in [3.8, 4) is 0 Å². The summed E-state index contributed by atoms with van der Waals surface area (Å²) in [6.07, 6.45) is 2.62. The van der Waals surface area contributed by atoms with Gasteiger partial charge in [0.15, 0.2) is 0 Å². The van der Waals surface area contributed by atoms with Gasteiger partial charge in [0, 0.05) is 18.2 Å². The molecule has 1 aromatic rings. The fourth-order valence-corrected chi connectivity index (χ4v) is 5.73. The molecule has 26 heavy (non-hydrogen) atoms. The van der Waals surface area contributed by atoms with Crippen LogP contribution in [-0.2, 0) is 20.6 Å². The molecule has 7 heteroatoms. The molecule has 3 unspecified atom stereocenters. The van der Waals surface area contributed by atoms with Crippen molar-refractivity contribution >= 4 is 19.3 Å². The van der Waals surface area contributed by atoms with Gasteiger partial charge in [-0.1, -0.05) is 43.7 Å². The Morgan fingerprint density at radius 1 is 1.08 bits per heavy atom. The van der Waals surface area contributed by atoms with Crippen LogP contribution in [0.25, 0.3) is 0 Å². The second-order valence-electron chi connectivity index (χ2n) is 6.66. The van der Waals surface area contributed by atoms with Gasteiger partial charge in [-0.3, -0.25) is 14.2 Å². The monoisotopic (exact) mass is 384 g/mol. The maximum atomic E-state index is 12.9. The van der Waals surface area contributed by atoms with Crippen molar-refractivity contribution in [1.29, 1.82) is 0 Å². The number of rotatable bonds is 13. The van der Waals surface area contributed by atoms with E-state index >= 15 is 0 Å². The van der Waals surface area contributed by atoms with Crippen molar-refractivity contribution in [2.24, 2.45) is 5.92 Å². The molecule has 0 aromatic heterocycles. The first-order valence-corrected chi connectivity index (χ1v) is 11.0. The van der Waals surface area contributed by atoms with Gasteiger partial charge >= 0.3 is 11.9 Å². The van der Waals surface area contributed by atoms with Gasteiger partial charge in [0.25, 0.3) is 0 Å². The average molecular weight is 384 g/mol. The topological polar surface area (TPSA) is 112 Å². The molecule has 1 aromatic carbocycles. The zero-order chi connectivity index (χ0) is 19.6. The van der Waals surface area contributed by atoms with E-state index in [1.54, 1.807) is 0 Å². The Labute approximate surface area is 154 Å². The molecule has 0 aliphatic carbocycles. The minimum absolute atomic E-state index is 0.0708. The Hall–Kier alpha value is -1.65. The smallest absolute Gasteiger partial charge is 0.307 e. The quantitative estimate of drug-likeness (QED) is 0.350. The molecule has 146 valence electrons. The highest BCUT2D eigenvalue weighted by molar-refractivity contribution is 7.58. The molecule has 6 nitrogen and oxygen atoms in total. The Morgan fingerprint density at radius 2 is 1.73 bits per heavy atom. The average Bonchev–Trinajstić information content (AvgIpc) is 2.58. The van der Waals surface area contributed by atoms with Crippen LogP contribution >= 0.6 is 7.37 Å². The number of hydrogen-bond acceptors (Lipinski definition) is 3. The van der Waals surface area contributed by atoms with Crippen LogP contribution in [0.4, 0.5) is 0 Å². The molecule has 3 N–H and O–H groups in total. The van der Waals surface area contributed by atoms with Crippen molar-refractivity contribution in [1.82, 2.24) is 0 Å². The summed E-state index contributed by atoms with van der Waals surface area (Å²) < 4.78 is 12.9. The van der Waals surface area contributed by atoms with Gasteiger partial charge in [-0.25, -0.2) is 0 Å². The van der Waals surface area contributed by atoms with Crippen LogP contribution < -0.4 is 0 Å². The lowest BCUT2D eigenvalue weighted by molar-refractivity contribution is -0.143. The van der Waals surface area contributed by atoms with E-state index in [1.165, 1.54) is 0 Å². The van der Waals surface area contributed by atoms with E-state index in [0.717, 1.165) is 18.4 Å². The second-order valence-corrected chi connectivity index (χ2v) is 9.28. The van der Waals surface area contributed by atoms with Crippen LogP contribution in [0, 0.1) is 5.92 Å². The van der Waals surface area contributed by atoms with Crippen LogP contribution in [0.1, 0.15) is 51.0 Å². The summed E-state index contributed by atoms with van der Waals surface area (Å²) in [5.41, 5.74) is 0.274. The van der Waals surface area contributed by atoms with Crippen LogP contribution in [0.3, 0.4) is 0 Å². The third kappa shape index (κ3) is 7.71. The Morgan fingerprint density at radius 3 is 2.27 bits per heavy atom. The van der Waals surface area contributed by atoms with Crippen molar-refractivity contribution in [2.45, 2.75) is 57.5 Å². The van der Waals surface area contributed by atoms with E-state index in [4.69, 9.17) is 5.11 Å². The van der Waals surface area contributed by atoms with Gasteiger partial charge in [0.05, 0.1) is 5.92 Å². The molecule has 0 radical (unpaired) electrons. The molecule has 0 saturated heterocycles. The predicted molar refractivity (Wildman–Crippen MR) is 101 cm³/mol. The molecule has 0 bridgehead atoms. The molecular weight excluding hydrogens is 355 g/mol. The van der Waals surface area contributed by atoms with Gasteiger partial charge < -0.3 is 15.1 Å². The van der Waals surface area contributed by atoms with Crippen LogP contribution in [0.15, 0.2) is 30.3 Å². The van der Waals surface area contributed by atoms with E-state index in [-0.39, 0.29) is 19.0 Å². The first-order chi connectivity index (χ1) is 12.3. The zero-order valence-corrected chi connectivity index (χ0v) is 16.1. The summed E-state index contributed by atoms with van der Waals surface area (Å²) in [5.74, 6) is -3.39. The number of benzene rings is 1. The highest BCUT2D eigenvalue weighted by Crippen LogP contribution is 2.53. The third-order valence-corrected chi connectivity index (χ3v) is 7.20. The maximum absolute atomic E-state index is 12.9. The SMILES string of the molecule is CCCC(C(CCC(=O)O)C(=O)O)P(=O)(O)CCCCc1ccccc1. The maximum Gasteiger partial charge on any atom is 0.307 e. The summed E-state index contributed by atoms with van der Waals surface area (Å²) in [5, 5.41) is 18.3. The number of hydrogen-bond donors (Lipinski definition) is 3. The standard InChI is InChI=1S/C19H29O6P/c1-2-8-17(16(19(22)23)12-13-18(20)21)26(24,25)14-7-6-11-15-9-4-3-5-10-15/h3-5,9-10,16-17H,2,6-8,11-14H2,1H3,(H,20,21)(H,22,23)(H,24,25). The van der Waals surface area contributed by atoms with E-state index in [9.17, 15) is 24.2 Å². The Bertz CT molecular complexity index is 616. The highest BCUT2D eigenvalue weighted by Gasteiger charge is 2.39. The molecule has 1 rings (SSSR count). The molecule has 0 aliphatic rings. The van der Waals surface area contributed by atoms with Gasteiger partial charge in [-0.05, 0) is 37.7 Å². The number of aliphatic carboxylic acids is 2. The van der Waals surface area contributed by atoms with Gasteiger partial charge in [0.1, 0.15) is 0 Å². The number of carboxylic acids is 2. The lowest BCUT2D eigenvalue weighted by atomic mass is 9.96. The number of unbranched alkanes of at least 4 members (excludes halogenated alkanes) is 1. The number of carboxylic acid groups (broad SMARTS) is 2. The molecule has 0 saturated carbocycles. The second kappa shape index (κ2) is 11.1. The van der Waals surface area contributed by atoms with Crippen LogP contribution in [-0.4, -0.2) is 38.9 Å². The number of carbonyl (C=O) groups is 2. The van der Waals surface area contributed by atoms with E-state index in [2.05, 4.69) is 0 Å². The fourth-order valence-electron chi connectivity index (χ4n) is 3.22. The molecule has 0 fully saturated rings. The molecular formula is C19H29O6P. The van der Waals surface area contributed by atoms with Crippen LogP contribution in [0.5, 0.6) is 0 Å². The summed E-state index contributed by atoms with van der Waals surface area (Å²) in [7, 11) is -3.68. The summed E-state index contributed by atoms with van der Waals surface area (Å²) in [6, 6.07) is 9.84. The lowest BCUT2D eigenvalue weighted by Gasteiger charge is -2.28. The normalized spacial score (nSPS) is 15.8. The molecule has 0 spiro atoms. The van der Waals surface area contributed by atoms with Crippen molar-refractivity contribution in [3.05, 3.63) is 35.9 Å². The van der Waals surface area contributed by atoms with Crippen molar-refractivity contribution in [2.75, 3.05) is 6.16 Å². The van der Waals surface area contributed by atoms with E-state index < -0.39 is 30.9 Å². The van der Waals surface area contributed by atoms with Crippen LogP contribution in [0.2, 0.25) is 0 Å².